The summed E-state index contributed by atoms with van der Waals surface area (Å²) in [5.74, 6) is 2.02. The van der Waals surface area contributed by atoms with Gasteiger partial charge in [0.15, 0.2) is 17.7 Å². The fourth-order valence-corrected chi connectivity index (χ4v) is 3.87. The molecule has 0 bridgehead atoms. The summed E-state index contributed by atoms with van der Waals surface area (Å²) in [4.78, 5) is 17.3. The summed E-state index contributed by atoms with van der Waals surface area (Å²) in [6.07, 6.45) is 3.23. The van der Waals surface area contributed by atoms with Gasteiger partial charge in [-0.05, 0) is 30.5 Å². The largest absolute Gasteiger partial charge is 0.454 e. The second-order valence-electron chi connectivity index (χ2n) is 6.14. The molecule has 5 nitrogen and oxygen atoms in total. The molecule has 1 spiro atoms. The van der Waals surface area contributed by atoms with E-state index in [4.69, 9.17) is 14.3 Å². The van der Waals surface area contributed by atoms with Gasteiger partial charge in [0.25, 0.3) is 0 Å². The van der Waals surface area contributed by atoms with E-state index < -0.39 is 0 Å². The second-order valence-corrected chi connectivity index (χ2v) is 6.14. The van der Waals surface area contributed by atoms with E-state index in [9.17, 15) is 4.79 Å². The Morgan fingerprint density at radius 1 is 1.15 bits per heavy atom. The lowest BCUT2D eigenvalue weighted by molar-refractivity contribution is -0.121. The number of ether oxygens (including phenoxy) is 2. The molecule has 1 aromatic carbocycles. The van der Waals surface area contributed by atoms with E-state index in [1.165, 1.54) is 11.1 Å². The summed E-state index contributed by atoms with van der Waals surface area (Å²) in [7, 11) is 0. The number of hydroxylamine groups is 2. The van der Waals surface area contributed by atoms with Crippen LogP contribution in [0.25, 0.3) is 0 Å². The predicted molar refractivity (Wildman–Crippen MR) is 68.3 cm³/mol. The Labute approximate surface area is 116 Å². The molecule has 0 amide bonds. The number of hydrogen-bond donors (Lipinski definition) is 0. The van der Waals surface area contributed by atoms with Gasteiger partial charge in [-0.3, -0.25) is 9.63 Å². The van der Waals surface area contributed by atoms with Crippen LogP contribution in [-0.4, -0.2) is 24.2 Å². The molecule has 0 aromatic heterocycles. The molecular weight excluding hydrogens is 258 g/mol. The Kier molecular flexibility index (Phi) is 1.96. The summed E-state index contributed by atoms with van der Waals surface area (Å²) >= 11 is 0. The molecule has 5 rings (SSSR count). The van der Waals surface area contributed by atoms with Gasteiger partial charge in [0.2, 0.25) is 6.79 Å². The van der Waals surface area contributed by atoms with E-state index in [1.807, 2.05) is 5.06 Å². The van der Waals surface area contributed by atoms with Gasteiger partial charge in [0.05, 0.1) is 0 Å². The van der Waals surface area contributed by atoms with Crippen LogP contribution in [0, 0.1) is 0 Å². The van der Waals surface area contributed by atoms with Crippen molar-refractivity contribution in [3.05, 3.63) is 23.3 Å². The van der Waals surface area contributed by atoms with Crippen LogP contribution in [0.4, 0.5) is 0 Å². The molecule has 1 saturated heterocycles. The third-order valence-electron chi connectivity index (χ3n) is 5.06. The minimum Gasteiger partial charge on any atom is -0.454 e. The fourth-order valence-electron chi connectivity index (χ4n) is 3.87. The van der Waals surface area contributed by atoms with E-state index in [1.54, 1.807) is 0 Å². The average Bonchev–Trinajstić information content (AvgIpc) is 3.07. The molecule has 2 fully saturated rings. The van der Waals surface area contributed by atoms with Gasteiger partial charge in [-0.25, -0.2) is 0 Å². The Morgan fingerprint density at radius 2 is 1.90 bits per heavy atom. The normalized spacial score (nSPS) is 31.9. The van der Waals surface area contributed by atoms with Gasteiger partial charge >= 0.3 is 0 Å². The van der Waals surface area contributed by atoms with Crippen LogP contribution in [-0.2, 0) is 15.0 Å². The van der Waals surface area contributed by atoms with Crippen molar-refractivity contribution in [3.8, 4) is 11.5 Å². The minimum atomic E-state index is 0.0389. The van der Waals surface area contributed by atoms with E-state index in [-0.39, 0.29) is 11.6 Å². The van der Waals surface area contributed by atoms with Crippen LogP contribution < -0.4 is 9.47 Å². The first-order chi connectivity index (χ1) is 9.75. The van der Waals surface area contributed by atoms with Crippen molar-refractivity contribution in [1.29, 1.82) is 0 Å². The maximum atomic E-state index is 11.6. The smallest absolute Gasteiger partial charge is 0.231 e. The molecule has 2 unspecified atom stereocenters. The monoisotopic (exact) mass is 273 g/mol. The number of carbonyl (C=O) groups is 1. The third-order valence-corrected chi connectivity index (χ3v) is 5.06. The molecule has 0 N–H and O–H groups in total. The van der Waals surface area contributed by atoms with E-state index in [0.29, 0.717) is 25.4 Å². The number of carbonyl (C=O) groups excluding carboxylic acids is 1. The van der Waals surface area contributed by atoms with Crippen LogP contribution >= 0.6 is 0 Å². The van der Waals surface area contributed by atoms with Gasteiger partial charge in [-0.15, -0.1) is 0 Å². The van der Waals surface area contributed by atoms with Crippen molar-refractivity contribution < 1.29 is 19.1 Å². The highest BCUT2D eigenvalue weighted by Crippen LogP contribution is 2.56. The molecule has 1 aromatic rings. The molecule has 1 saturated carbocycles. The van der Waals surface area contributed by atoms with Crippen LogP contribution in [0.15, 0.2) is 12.1 Å². The maximum absolute atomic E-state index is 11.6. The number of fused-ring (bicyclic) bond motifs is 5. The Hall–Kier alpha value is -1.59. The summed E-state index contributed by atoms with van der Waals surface area (Å²) in [6.45, 7) is 1.18. The summed E-state index contributed by atoms with van der Waals surface area (Å²) in [6, 6.07) is 4.17. The summed E-state index contributed by atoms with van der Waals surface area (Å²) < 4.78 is 11.0. The first-order valence-electron chi connectivity index (χ1n) is 7.14. The fraction of sp³-hybridized carbons (Fsp3) is 0.533. The lowest BCUT2D eigenvalue weighted by Gasteiger charge is -2.40. The number of hydrogen-bond acceptors (Lipinski definition) is 5. The van der Waals surface area contributed by atoms with Gasteiger partial charge in [-0.2, -0.15) is 5.06 Å². The number of benzene rings is 1. The quantitative estimate of drug-likeness (QED) is 0.677. The van der Waals surface area contributed by atoms with Crippen LogP contribution in [0.3, 0.4) is 0 Å². The highest BCUT2D eigenvalue weighted by atomic mass is 16.8. The van der Waals surface area contributed by atoms with Crippen molar-refractivity contribution in [1.82, 2.24) is 5.06 Å². The zero-order valence-corrected chi connectivity index (χ0v) is 11.1. The Balaban J connectivity index is 1.66. The Bertz CT molecular complexity index is 617. The first kappa shape index (κ1) is 11.1. The van der Waals surface area contributed by atoms with Crippen molar-refractivity contribution in [3.63, 3.8) is 0 Å². The zero-order valence-electron chi connectivity index (χ0n) is 11.1. The highest BCUT2D eigenvalue weighted by Gasteiger charge is 2.54. The van der Waals surface area contributed by atoms with Crippen molar-refractivity contribution in [2.45, 2.75) is 37.3 Å². The lowest BCUT2D eigenvalue weighted by Crippen LogP contribution is -2.41. The second kappa shape index (κ2) is 3.54. The van der Waals surface area contributed by atoms with Crippen LogP contribution in [0.5, 0.6) is 11.5 Å². The standard InChI is InChI=1S/C15H15NO4/c17-9-1-3-15(4-2-9)7-16-14(20-16)10-5-12-13(6-11(10)15)19-8-18-12/h5-6,14H,1-4,7-8H2. The summed E-state index contributed by atoms with van der Waals surface area (Å²) in [5.41, 5.74) is 2.53. The van der Waals surface area contributed by atoms with Crippen molar-refractivity contribution in [2.24, 2.45) is 0 Å². The molecule has 104 valence electrons. The maximum Gasteiger partial charge on any atom is 0.231 e. The molecule has 4 aliphatic rings. The third kappa shape index (κ3) is 1.37. The zero-order chi connectivity index (χ0) is 13.3. The van der Waals surface area contributed by atoms with Gasteiger partial charge in [-0.1, -0.05) is 0 Å². The van der Waals surface area contributed by atoms with Gasteiger partial charge in [0.1, 0.15) is 5.78 Å². The van der Waals surface area contributed by atoms with Crippen LogP contribution in [0.1, 0.15) is 43.0 Å². The van der Waals surface area contributed by atoms with E-state index >= 15 is 0 Å². The number of nitrogens with zero attached hydrogens (tertiary/aromatic N) is 1. The number of Topliss-reactive ketones (excluding diaryl/α,β-unsaturated/α-hetero) is 1. The van der Waals surface area contributed by atoms with Crippen molar-refractivity contribution >= 4 is 5.78 Å². The number of rotatable bonds is 0. The summed E-state index contributed by atoms with van der Waals surface area (Å²) in [5, 5.41) is 2.03. The molecule has 3 heterocycles. The van der Waals surface area contributed by atoms with E-state index in [0.717, 1.165) is 30.9 Å². The van der Waals surface area contributed by atoms with Gasteiger partial charge < -0.3 is 9.47 Å². The van der Waals surface area contributed by atoms with Gasteiger partial charge in [0, 0.05) is 30.4 Å². The first-order valence-corrected chi connectivity index (χ1v) is 7.14. The predicted octanol–water partition coefficient (Wildman–Crippen LogP) is 2.06. The highest BCUT2D eigenvalue weighted by molar-refractivity contribution is 5.80. The SMILES string of the molecule is O=C1CCC2(CC1)CN1OC1c1cc3c(cc12)OCO3. The molecule has 1 aliphatic carbocycles. The topological polar surface area (TPSA) is 51.1 Å². The van der Waals surface area contributed by atoms with Crippen LogP contribution in [0.2, 0.25) is 0 Å². The molecule has 2 atom stereocenters. The van der Waals surface area contributed by atoms with Crippen molar-refractivity contribution in [2.75, 3.05) is 13.3 Å². The average molecular weight is 273 g/mol. The molecule has 20 heavy (non-hydrogen) atoms. The molecule has 0 radical (unpaired) electrons. The number of ketones is 1. The Morgan fingerprint density at radius 3 is 2.70 bits per heavy atom. The minimum absolute atomic E-state index is 0.0389. The van der Waals surface area contributed by atoms with E-state index in [2.05, 4.69) is 12.1 Å². The molecule has 3 aliphatic heterocycles. The molecule has 5 heteroatoms. The lowest BCUT2D eigenvalue weighted by atomic mass is 9.66. The molecular formula is C15H15NO4.